The Labute approximate surface area is 161 Å². The van der Waals surface area contributed by atoms with Crippen LogP contribution in [-0.2, 0) is 6.61 Å². The number of hydrogen-bond donors (Lipinski definition) is 2. The molecule has 0 fully saturated rings. The molecule has 2 amide bonds. The van der Waals surface area contributed by atoms with Gasteiger partial charge in [0.1, 0.15) is 12.4 Å². The van der Waals surface area contributed by atoms with Crippen LogP contribution in [0.4, 0.5) is 16.2 Å². The van der Waals surface area contributed by atoms with Gasteiger partial charge in [-0.25, -0.2) is 4.79 Å². The molecule has 0 saturated heterocycles. The molecule has 0 aliphatic carbocycles. The van der Waals surface area contributed by atoms with E-state index in [1.165, 1.54) is 0 Å². The number of rotatable bonds is 5. The summed E-state index contributed by atoms with van der Waals surface area (Å²) in [7, 11) is 0. The SMILES string of the molecule is O=C(Nc1ccc(OCc2ccc(Cl)cc2)cc1)Nc1cccc(Cl)c1. The molecule has 3 aromatic rings. The number of carbonyl (C=O) groups excluding carboxylic acids is 1. The van der Waals surface area contributed by atoms with Crippen LogP contribution in [0.15, 0.2) is 72.8 Å². The minimum Gasteiger partial charge on any atom is -0.489 e. The summed E-state index contributed by atoms with van der Waals surface area (Å²) in [5, 5.41) is 6.73. The minimum atomic E-state index is -0.345. The maximum Gasteiger partial charge on any atom is 0.323 e. The maximum absolute atomic E-state index is 12.0. The molecule has 132 valence electrons. The Hall–Kier alpha value is -2.69. The van der Waals surface area contributed by atoms with Gasteiger partial charge < -0.3 is 15.4 Å². The molecule has 0 aliphatic rings. The number of hydrogen-bond acceptors (Lipinski definition) is 2. The van der Waals surface area contributed by atoms with Gasteiger partial charge in [0.25, 0.3) is 0 Å². The molecule has 4 nitrogen and oxygen atoms in total. The normalized spacial score (nSPS) is 10.2. The lowest BCUT2D eigenvalue weighted by Crippen LogP contribution is -2.19. The van der Waals surface area contributed by atoms with Crippen molar-refractivity contribution in [1.29, 1.82) is 0 Å². The monoisotopic (exact) mass is 386 g/mol. The Morgan fingerprint density at radius 1 is 0.808 bits per heavy atom. The summed E-state index contributed by atoms with van der Waals surface area (Å²) >= 11 is 11.8. The van der Waals surface area contributed by atoms with Crippen molar-refractivity contribution in [1.82, 2.24) is 0 Å². The van der Waals surface area contributed by atoms with E-state index in [9.17, 15) is 4.79 Å². The van der Waals surface area contributed by atoms with Crippen molar-refractivity contribution < 1.29 is 9.53 Å². The smallest absolute Gasteiger partial charge is 0.323 e. The zero-order valence-electron chi connectivity index (χ0n) is 13.7. The van der Waals surface area contributed by atoms with Crippen molar-refractivity contribution in [3.8, 4) is 5.75 Å². The predicted octanol–water partition coefficient (Wildman–Crippen LogP) is 6.22. The fourth-order valence-corrected chi connectivity index (χ4v) is 2.56. The van der Waals surface area contributed by atoms with E-state index in [2.05, 4.69) is 10.6 Å². The van der Waals surface area contributed by atoms with E-state index in [4.69, 9.17) is 27.9 Å². The van der Waals surface area contributed by atoms with Crippen molar-refractivity contribution in [2.45, 2.75) is 6.61 Å². The van der Waals surface area contributed by atoms with Crippen LogP contribution in [0.5, 0.6) is 5.75 Å². The van der Waals surface area contributed by atoms with E-state index >= 15 is 0 Å². The molecule has 3 rings (SSSR count). The largest absolute Gasteiger partial charge is 0.489 e. The first-order valence-electron chi connectivity index (χ1n) is 7.89. The lowest BCUT2D eigenvalue weighted by atomic mass is 10.2. The highest BCUT2D eigenvalue weighted by Crippen LogP contribution is 2.19. The first-order chi connectivity index (χ1) is 12.6. The van der Waals surface area contributed by atoms with Crippen LogP contribution in [0.3, 0.4) is 0 Å². The van der Waals surface area contributed by atoms with Gasteiger partial charge in [0, 0.05) is 21.4 Å². The molecule has 0 aromatic heterocycles. The first kappa shape index (κ1) is 18.1. The van der Waals surface area contributed by atoms with Crippen molar-refractivity contribution in [2.75, 3.05) is 10.6 Å². The van der Waals surface area contributed by atoms with Crippen molar-refractivity contribution in [3.63, 3.8) is 0 Å². The molecule has 0 bridgehead atoms. The van der Waals surface area contributed by atoms with Gasteiger partial charge >= 0.3 is 6.03 Å². The van der Waals surface area contributed by atoms with Gasteiger partial charge in [-0.2, -0.15) is 0 Å². The summed E-state index contributed by atoms with van der Waals surface area (Å²) in [5.41, 5.74) is 2.30. The minimum absolute atomic E-state index is 0.345. The number of halogens is 2. The predicted molar refractivity (Wildman–Crippen MR) is 106 cm³/mol. The zero-order valence-corrected chi connectivity index (χ0v) is 15.2. The average Bonchev–Trinajstić information content (AvgIpc) is 2.62. The molecule has 3 aromatic carbocycles. The molecule has 2 N–H and O–H groups in total. The first-order valence-corrected chi connectivity index (χ1v) is 8.65. The Kier molecular flexibility index (Phi) is 6.00. The quantitative estimate of drug-likeness (QED) is 0.546. The van der Waals surface area contributed by atoms with Crippen LogP contribution in [-0.4, -0.2) is 6.03 Å². The van der Waals surface area contributed by atoms with Crippen molar-refractivity contribution in [3.05, 3.63) is 88.4 Å². The molecular formula is C20H16Cl2N2O2. The van der Waals surface area contributed by atoms with E-state index in [-0.39, 0.29) is 6.03 Å². The summed E-state index contributed by atoms with van der Waals surface area (Å²) in [6.07, 6.45) is 0. The molecule has 6 heteroatoms. The summed E-state index contributed by atoms with van der Waals surface area (Å²) in [4.78, 5) is 12.0. The summed E-state index contributed by atoms with van der Waals surface area (Å²) in [5.74, 6) is 0.709. The van der Waals surface area contributed by atoms with E-state index in [1.54, 1.807) is 48.5 Å². The Morgan fingerprint density at radius 3 is 2.19 bits per heavy atom. The summed E-state index contributed by atoms with van der Waals surface area (Å²) < 4.78 is 5.71. The number of urea groups is 1. The fourth-order valence-electron chi connectivity index (χ4n) is 2.24. The summed E-state index contributed by atoms with van der Waals surface area (Å²) in [6.45, 7) is 0.444. The number of amides is 2. The lowest BCUT2D eigenvalue weighted by Gasteiger charge is -2.10. The van der Waals surface area contributed by atoms with Gasteiger partial charge in [-0.1, -0.05) is 41.4 Å². The van der Waals surface area contributed by atoms with Gasteiger partial charge in [0.15, 0.2) is 0 Å². The summed E-state index contributed by atoms with van der Waals surface area (Å²) in [6, 6.07) is 21.2. The van der Waals surface area contributed by atoms with E-state index < -0.39 is 0 Å². The van der Waals surface area contributed by atoms with Gasteiger partial charge in [0.2, 0.25) is 0 Å². The molecule has 0 saturated carbocycles. The highest BCUT2D eigenvalue weighted by molar-refractivity contribution is 6.31. The third-order valence-electron chi connectivity index (χ3n) is 3.51. The number of anilines is 2. The Bertz CT molecular complexity index is 881. The molecule has 26 heavy (non-hydrogen) atoms. The second kappa shape index (κ2) is 8.61. The molecule has 0 spiro atoms. The molecule has 0 atom stereocenters. The third kappa shape index (κ3) is 5.41. The van der Waals surface area contributed by atoms with Crippen LogP contribution >= 0.6 is 23.2 Å². The van der Waals surface area contributed by atoms with E-state index in [1.807, 2.05) is 24.3 Å². The molecule has 0 radical (unpaired) electrons. The number of ether oxygens (including phenoxy) is 1. The van der Waals surface area contributed by atoms with Gasteiger partial charge in [0.05, 0.1) is 0 Å². The van der Waals surface area contributed by atoms with Crippen LogP contribution in [0, 0.1) is 0 Å². The van der Waals surface area contributed by atoms with E-state index in [0.717, 1.165) is 5.56 Å². The number of benzene rings is 3. The van der Waals surface area contributed by atoms with Gasteiger partial charge in [-0.3, -0.25) is 0 Å². The second-order valence-corrected chi connectivity index (χ2v) is 6.40. The number of carbonyl (C=O) groups is 1. The second-order valence-electron chi connectivity index (χ2n) is 5.53. The number of nitrogens with one attached hydrogen (secondary N) is 2. The molecule has 0 aliphatic heterocycles. The van der Waals surface area contributed by atoms with Crippen LogP contribution in [0.2, 0.25) is 10.0 Å². The molecular weight excluding hydrogens is 371 g/mol. The fraction of sp³-hybridized carbons (Fsp3) is 0.0500. The van der Waals surface area contributed by atoms with E-state index in [0.29, 0.717) is 33.8 Å². The van der Waals surface area contributed by atoms with Crippen LogP contribution < -0.4 is 15.4 Å². The van der Waals surface area contributed by atoms with Gasteiger partial charge in [-0.15, -0.1) is 0 Å². The third-order valence-corrected chi connectivity index (χ3v) is 4.00. The standard InChI is InChI=1S/C20H16Cl2N2O2/c21-15-6-4-14(5-7-15)13-26-19-10-8-17(9-11-19)23-20(25)24-18-3-1-2-16(22)12-18/h1-12H,13H2,(H2,23,24,25). The topological polar surface area (TPSA) is 50.4 Å². The maximum atomic E-state index is 12.0. The highest BCUT2D eigenvalue weighted by Gasteiger charge is 2.04. The van der Waals surface area contributed by atoms with Crippen LogP contribution in [0.25, 0.3) is 0 Å². The Morgan fingerprint density at radius 2 is 1.50 bits per heavy atom. The van der Waals surface area contributed by atoms with Crippen molar-refractivity contribution >= 4 is 40.6 Å². The van der Waals surface area contributed by atoms with Gasteiger partial charge in [-0.05, 0) is 60.2 Å². The van der Waals surface area contributed by atoms with Crippen molar-refractivity contribution in [2.24, 2.45) is 0 Å². The van der Waals surface area contributed by atoms with Crippen LogP contribution in [0.1, 0.15) is 5.56 Å². The zero-order chi connectivity index (χ0) is 18.4. The lowest BCUT2D eigenvalue weighted by molar-refractivity contribution is 0.262. The molecule has 0 unspecified atom stereocenters. The highest BCUT2D eigenvalue weighted by atomic mass is 35.5. The molecule has 0 heterocycles. The Balaban J connectivity index is 1.52. The average molecular weight is 387 g/mol.